The number of carbonyl (C=O) groups excluding carboxylic acids is 2. The summed E-state index contributed by atoms with van der Waals surface area (Å²) in [4.78, 5) is 31.2. The Morgan fingerprint density at radius 2 is 1.69 bits per heavy atom. The fourth-order valence-corrected chi connectivity index (χ4v) is 3.49. The molecule has 1 aliphatic heterocycles. The lowest BCUT2D eigenvalue weighted by atomic mass is 9.95. The second-order valence-electron chi connectivity index (χ2n) is 6.75. The molecule has 29 heavy (non-hydrogen) atoms. The molecule has 2 aromatic carbocycles. The highest BCUT2D eigenvalue weighted by Crippen LogP contribution is 2.40. The number of phenolic OH excluding ortho intramolecular Hbond substituents is 1. The number of phenols is 1. The fourth-order valence-electron chi connectivity index (χ4n) is 3.49. The molecule has 1 atom stereocenters. The number of aliphatic hydroxyl groups excluding tert-OH is 1. The van der Waals surface area contributed by atoms with Crippen molar-refractivity contribution in [2.75, 3.05) is 0 Å². The van der Waals surface area contributed by atoms with Crippen LogP contribution in [0.2, 0.25) is 0 Å². The molecule has 1 aromatic heterocycles. The Hall–Kier alpha value is -3.93. The number of aliphatic hydroxyl groups is 1. The lowest BCUT2D eigenvalue weighted by Gasteiger charge is -2.25. The molecule has 0 aliphatic carbocycles. The second-order valence-corrected chi connectivity index (χ2v) is 6.75. The van der Waals surface area contributed by atoms with Gasteiger partial charge in [-0.05, 0) is 29.3 Å². The van der Waals surface area contributed by atoms with Crippen molar-refractivity contribution >= 4 is 17.4 Å². The van der Waals surface area contributed by atoms with E-state index in [4.69, 9.17) is 0 Å². The monoisotopic (exact) mass is 386 g/mol. The molecule has 1 aliphatic rings. The van der Waals surface area contributed by atoms with Gasteiger partial charge in [-0.1, -0.05) is 48.5 Å². The predicted octanol–water partition coefficient (Wildman–Crippen LogP) is 3.41. The van der Waals surface area contributed by atoms with Crippen LogP contribution in [0.15, 0.2) is 84.7 Å². The molecule has 1 amide bonds. The van der Waals surface area contributed by atoms with Gasteiger partial charge in [-0.2, -0.15) is 0 Å². The first kappa shape index (κ1) is 18.4. The highest BCUT2D eigenvalue weighted by molar-refractivity contribution is 6.46. The third kappa shape index (κ3) is 3.48. The molecule has 0 radical (unpaired) electrons. The van der Waals surface area contributed by atoms with Crippen molar-refractivity contribution in [3.8, 4) is 5.75 Å². The van der Waals surface area contributed by atoms with E-state index in [-0.39, 0.29) is 23.6 Å². The maximum Gasteiger partial charge on any atom is 0.295 e. The molecule has 4 rings (SSSR count). The first-order chi connectivity index (χ1) is 14.1. The number of aromatic nitrogens is 1. The van der Waals surface area contributed by atoms with Gasteiger partial charge in [-0.15, -0.1) is 0 Å². The zero-order valence-electron chi connectivity index (χ0n) is 15.4. The molecule has 6 nitrogen and oxygen atoms in total. The number of hydrogen-bond donors (Lipinski definition) is 2. The maximum absolute atomic E-state index is 12.9. The van der Waals surface area contributed by atoms with Crippen LogP contribution >= 0.6 is 0 Å². The summed E-state index contributed by atoms with van der Waals surface area (Å²) in [6.45, 7) is 0.162. The molecular weight excluding hydrogens is 368 g/mol. The lowest BCUT2D eigenvalue weighted by Crippen LogP contribution is -2.29. The number of pyridine rings is 1. The second kappa shape index (κ2) is 7.59. The third-order valence-corrected chi connectivity index (χ3v) is 4.87. The number of Topliss-reactive ketones (excluding diaryl/α,β-unsaturated/α-hetero) is 1. The Bertz CT molecular complexity index is 1080. The zero-order chi connectivity index (χ0) is 20.4. The van der Waals surface area contributed by atoms with Crippen LogP contribution in [-0.4, -0.2) is 31.8 Å². The molecule has 144 valence electrons. The van der Waals surface area contributed by atoms with Gasteiger partial charge < -0.3 is 15.1 Å². The fraction of sp³-hybridized carbons (Fsp3) is 0.0870. The van der Waals surface area contributed by atoms with E-state index in [0.717, 1.165) is 5.56 Å². The van der Waals surface area contributed by atoms with Crippen LogP contribution in [0.4, 0.5) is 0 Å². The standard InChI is InChI=1S/C23H18N2O4/c26-18-10-8-16(9-11-18)20-19(21(27)17-6-2-1-3-7-17)22(28)23(29)25(20)14-15-5-4-12-24-13-15/h1-13,20,26-27H,14H2/b21-19+. The van der Waals surface area contributed by atoms with Gasteiger partial charge in [0.05, 0.1) is 11.6 Å². The smallest absolute Gasteiger partial charge is 0.295 e. The van der Waals surface area contributed by atoms with Gasteiger partial charge >= 0.3 is 0 Å². The van der Waals surface area contributed by atoms with Crippen molar-refractivity contribution in [2.45, 2.75) is 12.6 Å². The molecule has 2 heterocycles. The van der Waals surface area contributed by atoms with Crippen molar-refractivity contribution in [1.29, 1.82) is 0 Å². The number of benzene rings is 2. The largest absolute Gasteiger partial charge is 0.508 e. The van der Waals surface area contributed by atoms with Crippen LogP contribution in [-0.2, 0) is 16.1 Å². The van der Waals surface area contributed by atoms with Gasteiger partial charge in [-0.3, -0.25) is 14.6 Å². The summed E-state index contributed by atoms with van der Waals surface area (Å²) in [5, 5.41) is 20.5. The topological polar surface area (TPSA) is 90.7 Å². The van der Waals surface area contributed by atoms with Crippen molar-refractivity contribution in [3.63, 3.8) is 0 Å². The van der Waals surface area contributed by atoms with E-state index in [0.29, 0.717) is 11.1 Å². The highest BCUT2D eigenvalue weighted by Gasteiger charge is 2.46. The first-order valence-electron chi connectivity index (χ1n) is 9.08. The van der Waals surface area contributed by atoms with Crippen LogP contribution in [0.3, 0.4) is 0 Å². The molecule has 0 bridgehead atoms. The van der Waals surface area contributed by atoms with Gasteiger partial charge in [0, 0.05) is 24.5 Å². The van der Waals surface area contributed by atoms with Crippen LogP contribution in [0.1, 0.15) is 22.7 Å². The molecular formula is C23H18N2O4. The summed E-state index contributed by atoms with van der Waals surface area (Å²) in [5.74, 6) is -1.59. The maximum atomic E-state index is 12.9. The Labute approximate surface area is 167 Å². The Morgan fingerprint density at radius 3 is 2.34 bits per heavy atom. The van der Waals surface area contributed by atoms with Crippen molar-refractivity contribution < 1.29 is 19.8 Å². The van der Waals surface area contributed by atoms with Crippen LogP contribution in [0.25, 0.3) is 5.76 Å². The SMILES string of the molecule is O=C1C(=O)N(Cc2cccnc2)C(c2ccc(O)cc2)/C1=C(\O)c1ccccc1. The Morgan fingerprint density at radius 1 is 0.966 bits per heavy atom. The van der Waals surface area contributed by atoms with E-state index in [1.54, 1.807) is 60.9 Å². The quantitative estimate of drug-likeness (QED) is 0.407. The van der Waals surface area contributed by atoms with E-state index in [1.807, 2.05) is 6.07 Å². The van der Waals surface area contributed by atoms with Crippen LogP contribution in [0, 0.1) is 0 Å². The number of nitrogens with zero attached hydrogens (tertiary/aromatic N) is 2. The van der Waals surface area contributed by atoms with Gasteiger partial charge in [-0.25, -0.2) is 0 Å². The Kier molecular flexibility index (Phi) is 4.83. The number of hydrogen-bond acceptors (Lipinski definition) is 5. The highest BCUT2D eigenvalue weighted by atomic mass is 16.3. The molecule has 1 fully saturated rings. The van der Waals surface area contributed by atoms with Gasteiger partial charge in [0.25, 0.3) is 11.7 Å². The third-order valence-electron chi connectivity index (χ3n) is 4.87. The van der Waals surface area contributed by atoms with E-state index in [2.05, 4.69) is 4.98 Å². The van der Waals surface area contributed by atoms with Gasteiger partial charge in [0.1, 0.15) is 11.5 Å². The number of rotatable bonds is 4. The number of amides is 1. The normalized spacial score (nSPS) is 18.2. The first-order valence-corrected chi connectivity index (χ1v) is 9.08. The predicted molar refractivity (Wildman–Crippen MR) is 107 cm³/mol. The van der Waals surface area contributed by atoms with Crippen molar-refractivity contribution in [3.05, 3.63) is 101 Å². The summed E-state index contributed by atoms with van der Waals surface area (Å²) < 4.78 is 0. The average molecular weight is 386 g/mol. The summed E-state index contributed by atoms with van der Waals surface area (Å²) in [6, 6.07) is 17.7. The molecule has 0 saturated carbocycles. The lowest BCUT2D eigenvalue weighted by molar-refractivity contribution is -0.140. The number of likely N-dealkylation sites (tertiary alicyclic amines) is 1. The van der Waals surface area contributed by atoms with Crippen LogP contribution in [0.5, 0.6) is 5.75 Å². The molecule has 0 spiro atoms. The van der Waals surface area contributed by atoms with E-state index < -0.39 is 17.7 Å². The molecule has 1 unspecified atom stereocenters. The number of ketones is 1. The number of aromatic hydroxyl groups is 1. The molecule has 1 saturated heterocycles. The van der Waals surface area contributed by atoms with E-state index in [1.165, 1.54) is 17.0 Å². The molecule has 2 N–H and O–H groups in total. The molecule has 6 heteroatoms. The van der Waals surface area contributed by atoms with E-state index in [9.17, 15) is 19.8 Å². The van der Waals surface area contributed by atoms with Crippen molar-refractivity contribution in [1.82, 2.24) is 9.88 Å². The van der Waals surface area contributed by atoms with E-state index >= 15 is 0 Å². The summed E-state index contributed by atoms with van der Waals surface area (Å²) in [6.07, 6.45) is 3.26. The van der Waals surface area contributed by atoms with Gasteiger partial charge in [0.15, 0.2) is 0 Å². The minimum atomic E-state index is -0.781. The number of carbonyl (C=O) groups is 2. The minimum absolute atomic E-state index is 0.0239. The zero-order valence-corrected chi connectivity index (χ0v) is 15.4. The van der Waals surface area contributed by atoms with Crippen LogP contribution < -0.4 is 0 Å². The summed E-state index contributed by atoms with van der Waals surface area (Å²) >= 11 is 0. The average Bonchev–Trinajstić information content (AvgIpc) is 3.00. The molecule has 3 aromatic rings. The van der Waals surface area contributed by atoms with Crippen molar-refractivity contribution in [2.24, 2.45) is 0 Å². The summed E-state index contributed by atoms with van der Waals surface area (Å²) in [5.41, 5.74) is 1.85. The Balaban J connectivity index is 1.86. The minimum Gasteiger partial charge on any atom is -0.508 e. The van der Waals surface area contributed by atoms with Gasteiger partial charge in [0.2, 0.25) is 0 Å². The summed E-state index contributed by atoms with van der Waals surface area (Å²) in [7, 11) is 0.